The summed E-state index contributed by atoms with van der Waals surface area (Å²) in [6, 6.07) is 16.1. The summed E-state index contributed by atoms with van der Waals surface area (Å²) in [4.78, 5) is 15.7. The molecule has 1 aliphatic heterocycles. The minimum absolute atomic E-state index is 0.0772. The topological polar surface area (TPSA) is 68.0 Å². The van der Waals surface area contributed by atoms with Crippen molar-refractivity contribution in [3.05, 3.63) is 54.1 Å². The maximum absolute atomic E-state index is 11.1. The quantitative estimate of drug-likeness (QED) is 0.811. The number of hydrogen-bond acceptors (Lipinski definition) is 6. The minimum Gasteiger partial charge on any atom is -0.482 e. The van der Waals surface area contributed by atoms with Gasteiger partial charge in [0.15, 0.2) is 6.61 Å². The number of carbonyl (C=O) groups excluding carboxylic acids is 1. The number of rotatable bonds is 6. The van der Waals surface area contributed by atoms with Crippen molar-refractivity contribution in [2.45, 2.75) is 6.54 Å². The van der Waals surface area contributed by atoms with Crippen LogP contribution in [0.1, 0.15) is 5.56 Å². The summed E-state index contributed by atoms with van der Waals surface area (Å²) in [5.74, 6) is 0.266. The highest BCUT2D eigenvalue weighted by Crippen LogP contribution is 2.25. The lowest BCUT2D eigenvalue weighted by molar-refractivity contribution is -0.142. The zero-order chi connectivity index (χ0) is 17.6. The van der Waals surface area contributed by atoms with Crippen molar-refractivity contribution in [3.8, 4) is 5.75 Å². The van der Waals surface area contributed by atoms with Crippen LogP contribution < -0.4 is 20.3 Å². The molecule has 0 aliphatic carbocycles. The van der Waals surface area contributed by atoms with Crippen LogP contribution in [0.3, 0.4) is 0 Å². The van der Waals surface area contributed by atoms with Crippen LogP contribution in [0.4, 0.5) is 11.4 Å². The van der Waals surface area contributed by atoms with Crippen LogP contribution in [0.25, 0.3) is 0 Å². The monoisotopic (exact) mass is 341 g/mol. The molecule has 0 amide bonds. The van der Waals surface area contributed by atoms with Gasteiger partial charge in [0, 0.05) is 31.0 Å². The van der Waals surface area contributed by atoms with Gasteiger partial charge in [0.05, 0.1) is 13.8 Å². The zero-order valence-corrected chi connectivity index (χ0v) is 14.4. The highest BCUT2D eigenvalue weighted by molar-refractivity contribution is 5.70. The largest absolute Gasteiger partial charge is 0.482 e. The van der Waals surface area contributed by atoms with Crippen LogP contribution in [0.15, 0.2) is 48.5 Å². The third-order valence-corrected chi connectivity index (χ3v) is 4.30. The number of methoxy groups -OCH3 is 1. The first-order valence-electron chi connectivity index (χ1n) is 8.28. The van der Waals surface area contributed by atoms with E-state index in [1.165, 1.54) is 12.8 Å². The molecule has 2 aromatic rings. The van der Waals surface area contributed by atoms with Crippen molar-refractivity contribution >= 4 is 17.3 Å². The lowest BCUT2D eigenvalue weighted by Crippen LogP contribution is -2.24. The molecule has 0 bridgehead atoms. The number of benzene rings is 2. The van der Waals surface area contributed by atoms with Crippen LogP contribution in [-0.2, 0) is 16.1 Å². The molecular formula is C19H23N3O3. The summed E-state index contributed by atoms with van der Waals surface area (Å²) in [5, 5.41) is 0. The Kier molecular flexibility index (Phi) is 5.40. The summed E-state index contributed by atoms with van der Waals surface area (Å²) in [5.41, 5.74) is 9.13. The van der Waals surface area contributed by atoms with E-state index in [9.17, 15) is 4.79 Å². The van der Waals surface area contributed by atoms with Gasteiger partial charge < -0.3 is 25.0 Å². The second-order valence-corrected chi connectivity index (χ2v) is 5.90. The predicted octanol–water partition coefficient (Wildman–Crippen LogP) is 1.98. The van der Waals surface area contributed by atoms with Crippen LogP contribution >= 0.6 is 0 Å². The summed E-state index contributed by atoms with van der Waals surface area (Å²) >= 11 is 0. The molecular weight excluding hydrogens is 318 g/mol. The van der Waals surface area contributed by atoms with E-state index in [0.29, 0.717) is 12.3 Å². The lowest BCUT2D eigenvalue weighted by Gasteiger charge is -2.21. The Morgan fingerprint density at radius 2 is 1.56 bits per heavy atom. The third kappa shape index (κ3) is 4.22. The molecule has 0 saturated carbocycles. The summed E-state index contributed by atoms with van der Waals surface area (Å²) < 4.78 is 9.94. The number of nitrogens with two attached hydrogens (primary N) is 1. The van der Waals surface area contributed by atoms with E-state index in [2.05, 4.69) is 38.8 Å². The van der Waals surface area contributed by atoms with Gasteiger partial charge in [-0.3, -0.25) is 0 Å². The molecule has 25 heavy (non-hydrogen) atoms. The van der Waals surface area contributed by atoms with Gasteiger partial charge in [0.1, 0.15) is 5.75 Å². The molecule has 132 valence electrons. The summed E-state index contributed by atoms with van der Waals surface area (Å²) in [6.07, 6.45) is 0. The number of nitrogens with zero attached hydrogens (tertiary/aromatic N) is 2. The Morgan fingerprint density at radius 1 is 1.00 bits per heavy atom. The Balaban J connectivity index is 1.58. The zero-order valence-electron chi connectivity index (χ0n) is 14.4. The van der Waals surface area contributed by atoms with Crippen molar-refractivity contribution in [2.75, 3.05) is 43.3 Å². The average Bonchev–Trinajstić information content (AvgIpc) is 3.16. The second-order valence-electron chi connectivity index (χ2n) is 5.90. The van der Waals surface area contributed by atoms with Gasteiger partial charge in [-0.05, 0) is 42.0 Å². The molecule has 1 saturated heterocycles. The molecule has 2 aromatic carbocycles. The molecule has 0 atom stereocenters. The van der Waals surface area contributed by atoms with E-state index < -0.39 is 0 Å². The van der Waals surface area contributed by atoms with Crippen molar-refractivity contribution < 1.29 is 14.3 Å². The molecule has 1 aliphatic rings. The molecule has 6 nitrogen and oxygen atoms in total. The maximum atomic E-state index is 11.1. The molecule has 0 radical (unpaired) electrons. The van der Waals surface area contributed by atoms with Gasteiger partial charge in [-0.2, -0.15) is 0 Å². The lowest BCUT2D eigenvalue weighted by atomic mass is 10.2. The molecule has 0 unspecified atom stereocenters. The molecule has 0 spiro atoms. The van der Waals surface area contributed by atoms with E-state index in [1.54, 1.807) is 0 Å². The van der Waals surface area contributed by atoms with Crippen LogP contribution in [0, 0.1) is 0 Å². The smallest absolute Gasteiger partial charge is 0.343 e. The first-order valence-corrected chi connectivity index (χ1v) is 8.28. The molecule has 0 aromatic heterocycles. The highest BCUT2D eigenvalue weighted by Gasteiger charge is 2.20. The molecule has 1 heterocycles. The predicted molar refractivity (Wildman–Crippen MR) is 97.8 cm³/mol. The SMILES string of the molecule is COC(=O)COc1ccc(N2CCN(c3ccc(CN)cc3)C2)cc1. The van der Waals surface area contributed by atoms with Crippen molar-refractivity contribution in [2.24, 2.45) is 5.73 Å². The van der Waals surface area contributed by atoms with E-state index in [4.69, 9.17) is 10.5 Å². The van der Waals surface area contributed by atoms with Gasteiger partial charge in [-0.15, -0.1) is 0 Å². The van der Waals surface area contributed by atoms with E-state index in [1.807, 2.05) is 24.3 Å². The number of ether oxygens (including phenoxy) is 2. The average molecular weight is 341 g/mol. The first-order chi connectivity index (χ1) is 12.2. The first kappa shape index (κ1) is 17.1. The normalized spacial score (nSPS) is 13.8. The molecule has 6 heteroatoms. The van der Waals surface area contributed by atoms with E-state index >= 15 is 0 Å². The Hall–Kier alpha value is -2.73. The molecule has 2 N–H and O–H groups in total. The second kappa shape index (κ2) is 7.90. The fraction of sp³-hybridized carbons (Fsp3) is 0.316. The molecule has 3 rings (SSSR count). The number of anilines is 2. The van der Waals surface area contributed by atoms with E-state index in [0.717, 1.165) is 31.0 Å². The van der Waals surface area contributed by atoms with Crippen molar-refractivity contribution in [1.29, 1.82) is 0 Å². The highest BCUT2D eigenvalue weighted by atomic mass is 16.6. The van der Waals surface area contributed by atoms with Crippen LogP contribution in [0.5, 0.6) is 5.75 Å². The number of esters is 1. The van der Waals surface area contributed by atoms with Crippen molar-refractivity contribution in [3.63, 3.8) is 0 Å². The Bertz CT molecular complexity index is 701. The van der Waals surface area contributed by atoms with E-state index in [-0.39, 0.29) is 12.6 Å². The maximum Gasteiger partial charge on any atom is 0.343 e. The summed E-state index contributed by atoms with van der Waals surface area (Å²) in [6.45, 7) is 3.26. The van der Waals surface area contributed by atoms with Gasteiger partial charge in [0.25, 0.3) is 0 Å². The minimum atomic E-state index is -0.389. The fourth-order valence-electron chi connectivity index (χ4n) is 2.81. The molecule has 1 fully saturated rings. The standard InChI is InChI=1S/C19H23N3O3/c1-24-19(23)13-25-18-8-6-17(7-9-18)22-11-10-21(14-22)16-4-2-15(12-20)3-5-16/h2-9H,10-14,20H2,1H3. The van der Waals surface area contributed by atoms with Gasteiger partial charge in [-0.25, -0.2) is 4.79 Å². The number of carbonyl (C=O) groups is 1. The van der Waals surface area contributed by atoms with Crippen LogP contribution in [-0.4, -0.2) is 39.4 Å². The Labute approximate surface area is 147 Å². The van der Waals surface area contributed by atoms with Crippen molar-refractivity contribution in [1.82, 2.24) is 0 Å². The number of hydrogen-bond donors (Lipinski definition) is 1. The van der Waals surface area contributed by atoms with Crippen LogP contribution in [0.2, 0.25) is 0 Å². The van der Waals surface area contributed by atoms with Gasteiger partial charge >= 0.3 is 5.97 Å². The van der Waals surface area contributed by atoms with Gasteiger partial charge in [0.2, 0.25) is 0 Å². The fourth-order valence-corrected chi connectivity index (χ4v) is 2.81. The van der Waals surface area contributed by atoms with Gasteiger partial charge in [-0.1, -0.05) is 12.1 Å². The Morgan fingerprint density at radius 3 is 2.08 bits per heavy atom. The summed E-state index contributed by atoms with van der Waals surface area (Å²) in [7, 11) is 1.34. The third-order valence-electron chi connectivity index (χ3n) is 4.30.